The lowest BCUT2D eigenvalue weighted by Crippen LogP contribution is -2.46. The first-order chi connectivity index (χ1) is 10.2. The number of hydrogen-bond donors (Lipinski definition) is 3. The minimum atomic E-state index is -0.608. The van der Waals surface area contributed by atoms with Crippen LogP contribution in [0.1, 0.15) is 0 Å². The highest BCUT2D eigenvalue weighted by Gasteiger charge is 2.47. The predicted molar refractivity (Wildman–Crippen MR) is 79.7 cm³/mol. The molecule has 3 N–H and O–H groups in total. The number of fused-ring (bicyclic) bond motifs is 1. The maximum atomic E-state index is 12.0. The Hall–Kier alpha value is -1.28. The fourth-order valence-electron chi connectivity index (χ4n) is 2.64. The van der Waals surface area contributed by atoms with Crippen molar-refractivity contribution in [2.75, 3.05) is 24.8 Å². The van der Waals surface area contributed by atoms with Crippen LogP contribution in [0.25, 0.3) is 0 Å². The van der Waals surface area contributed by atoms with Gasteiger partial charge in [0, 0.05) is 10.6 Å². The van der Waals surface area contributed by atoms with Crippen LogP contribution in [0.2, 0.25) is 0 Å². The maximum absolute atomic E-state index is 12.0. The smallest absolute Gasteiger partial charge is 0.319 e. The molecule has 1 aromatic rings. The molecule has 4 atom stereocenters. The summed E-state index contributed by atoms with van der Waals surface area (Å²) in [7, 11) is 0. The number of carbonyl (C=O) groups is 1. The Morgan fingerprint density at radius 2 is 2.14 bits per heavy atom. The molecule has 2 aliphatic heterocycles. The van der Waals surface area contributed by atoms with E-state index in [1.165, 1.54) is 0 Å². The number of carbonyl (C=O) groups excluding carboxylic acids is 1. The van der Waals surface area contributed by atoms with E-state index >= 15 is 0 Å². The van der Waals surface area contributed by atoms with Crippen molar-refractivity contribution in [1.82, 2.24) is 5.32 Å². The average molecular weight is 310 g/mol. The lowest BCUT2D eigenvalue weighted by atomic mass is 10.1. The number of aliphatic hydroxyl groups is 1. The van der Waals surface area contributed by atoms with Gasteiger partial charge in [-0.25, -0.2) is 4.79 Å². The number of rotatable bonds is 3. The van der Waals surface area contributed by atoms with Crippen LogP contribution in [-0.4, -0.2) is 55.0 Å². The summed E-state index contributed by atoms with van der Waals surface area (Å²) in [6.45, 7) is 0.607. The van der Waals surface area contributed by atoms with E-state index in [1.807, 2.05) is 30.5 Å². The van der Waals surface area contributed by atoms with E-state index in [0.717, 1.165) is 10.6 Å². The molecule has 7 heteroatoms. The number of amides is 2. The van der Waals surface area contributed by atoms with Gasteiger partial charge < -0.3 is 25.2 Å². The van der Waals surface area contributed by atoms with Gasteiger partial charge in [0.2, 0.25) is 0 Å². The topological polar surface area (TPSA) is 79.8 Å². The number of urea groups is 1. The third-order valence-electron chi connectivity index (χ3n) is 3.67. The molecule has 21 heavy (non-hydrogen) atoms. The summed E-state index contributed by atoms with van der Waals surface area (Å²) in [5, 5.41) is 15.3. The first-order valence-electron chi connectivity index (χ1n) is 6.80. The van der Waals surface area contributed by atoms with Crippen LogP contribution in [0.5, 0.6) is 0 Å². The maximum Gasteiger partial charge on any atom is 0.319 e. The lowest BCUT2D eigenvalue weighted by Gasteiger charge is -2.17. The minimum absolute atomic E-state index is 0.240. The average Bonchev–Trinajstić information content (AvgIpc) is 3.03. The molecule has 0 unspecified atom stereocenters. The fraction of sp³-hybridized carbons (Fsp3) is 0.500. The quantitative estimate of drug-likeness (QED) is 0.728. The molecule has 0 saturated carbocycles. The molecule has 2 fully saturated rings. The van der Waals surface area contributed by atoms with Crippen molar-refractivity contribution in [2.45, 2.75) is 29.2 Å². The number of aliphatic hydroxyl groups excluding tert-OH is 1. The Morgan fingerprint density at radius 1 is 1.33 bits per heavy atom. The summed E-state index contributed by atoms with van der Waals surface area (Å²) < 4.78 is 10.9. The van der Waals surface area contributed by atoms with Crippen LogP contribution < -0.4 is 10.6 Å². The second-order valence-electron chi connectivity index (χ2n) is 5.10. The first-order valence-corrected chi connectivity index (χ1v) is 8.02. The van der Waals surface area contributed by atoms with Gasteiger partial charge in [-0.05, 0) is 24.5 Å². The molecule has 6 nitrogen and oxygen atoms in total. The summed E-state index contributed by atoms with van der Waals surface area (Å²) in [6.07, 6.45) is 0.763. The third kappa shape index (κ3) is 3.16. The van der Waals surface area contributed by atoms with E-state index in [2.05, 4.69) is 10.6 Å². The van der Waals surface area contributed by atoms with Gasteiger partial charge in [0.15, 0.2) is 0 Å². The van der Waals surface area contributed by atoms with Crippen LogP contribution in [0.4, 0.5) is 10.5 Å². The van der Waals surface area contributed by atoms with E-state index in [9.17, 15) is 9.90 Å². The molecule has 0 aromatic heterocycles. The highest BCUT2D eigenvalue weighted by molar-refractivity contribution is 7.98. The van der Waals surface area contributed by atoms with Crippen LogP contribution in [-0.2, 0) is 9.47 Å². The Morgan fingerprint density at radius 3 is 2.95 bits per heavy atom. The molecule has 0 radical (unpaired) electrons. The number of hydrogen-bond acceptors (Lipinski definition) is 5. The van der Waals surface area contributed by atoms with E-state index in [-0.39, 0.29) is 30.9 Å². The minimum Gasteiger partial charge on any atom is -0.388 e. The summed E-state index contributed by atoms with van der Waals surface area (Å²) in [5.74, 6) is 0. The Bertz CT molecular complexity index is 527. The van der Waals surface area contributed by atoms with E-state index < -0.39 is 6.10 Å². The van der Waals surface area contributed by atoms with Crippen molar-refractivity contribution >= 4 is 23.5 Å². The molecular weight excluding hydrogens is 292 g/mol. The van der Waals surface area contributed by atoms with Crippen molar-refractivity contribution in [3.8, 4) is 0 Å². The standard InChI is InChI=1S/C14H18N2O4S/c1-21-9-4-2-3-8(5-9)15-14(18)16-10-6-19-13-11(17)7-20-12(10)13/h2-5,10-13,17H,6-7H2,1H3,(H2,15,16,18)/t10-,11+,12+,13+/m0/s1. The normalized spacial score (nSPS) is 31.0. The zero-order chi connectivity index (χ0) is 14.8. The van der Waals surface area contributed by atoms with E-state index in [4.69, 9.17) is 9.47 Å². The monoisotopic (exact) mass is 310 g/mol. The summed E-state index contributed by atoms with van der Waals surface area (Å²) in [6, 6.07) is 7.09. The van der Waals surface area contributed by atoms with Crippen LogP contribution in [0.3, 0.4) is 0 Å². The van der Waals surface area contributed by atoms with Crippen molar-refractivity contribution in [3.63, 3.8) is 0 Å². The summed E-state index contributed by atoms with van der Waals surface area (Å²) in [4.78, 5) is 13.1. The zero-order valence-corrected chi connectivity index (χ0v) is 12.4. The summed E-state index contributed by atoms with van der Waals surface area (Å²) >= 11 is 1.62. The SMILES string of the molecule is CSc1cccc(NC(=O)N[C@H]2CO[C@H]3[C@@H]2OC[C@H]3O)c1. The Balaban J connectivity index is 1.57. The number of thioether (sulfide) groups is 1. The van der Waals surface area contributed by atoms with Crippen LogP contribution >= 0.6 is 11.8 Å². The van der Waals surface area contributed by atoms with Crippen LogP contribution in [0.15, 0.2) is 29.2 Å². The zero-order valence-electron chi connectivity index (χ0n) is 11.6. The van der Waals surface area contributed by atoms with Gasteiger partial charge in [-0.1, -0.05) is 6.07 Å². The van der Waals surface area contributed by atoms with Gasteiger partial charge in [0.1, 0.15) is 18.3 Å². The highest BCUT2D eigenvalue weighted by Crippen LogP contribution is 2.27. The van der Waals surface area contributed by atoms with Gasteiger partial charge in [-0.15, -0.1) is 11.8 Å². The molecule has 2 heterocycles. The molecule has 2 saturated heterocycles. The second kappa shape index (κ2) is 6.23. The Kier molecular flexibility index (Phi) is 4.34. The predicted octanol–water partition coefficient (Wildman–Crippen LogP) is 1.06. The highest BCUT2D eigenvalue weighted by atomic mass is 32.2. The van der Waals surface area contributed by atoms with E-state index in [0.29, 0.717) is 6.61 Å². The molecular formula is C14H18N2O4S. The van der Waals surface area contributed by atoms with Crippen molar-refractivity contribution in [2.24, 2.45) is 0 Å². The van der Waals surface area contributed by atoms with Crippen molar-refractivity contribution < 1.29 is 19.4 Å². The van der Waals surface area contributed by atoms with Gasteiger partial charge in [0.25, 0.3) is 0 Å². The number of anilines is 1. The molecule has 0 aliphatic carbocycles. The number of ether oxygens (including phenoxy) is 2. The number of benzene rings is 1. The molecule has 114 valence electrons. The second-order valence-corrected chi connectivity index (χ2v) is 5.98. The molecule has 0 spiro atoms. The van der Waals surface area contributed by atoms with Gasteiger partial charge in [0.05, 0.1) is 19.3 Å². The van der Waals surface area contributed by atoms with Gasteiger partial charge in [-0.2, -0.15) is 0 Å². The molecule has 3 rings (SSSR count). The fourth-order valence-corrected chi connectivity index (χ4v) is 3.10. The lowest BCUT2D eigenvalue weighted by molar-refractivity contribution is 0.0180. The van der Waals surface area contributed by atoms with E-state index in [1.54, 1.807) is 11.8 Å². The Labute approximate surface area is 127 Å². The first kappa shape index (κ1) is 14.6. The summed E-state index contributed by atoms with van der Waals surface area (Å²) in [5.41, 5.74) is 0.738. The van der Waals surface area contributed by atoms with Crippen LogP contribution in [0, 0.1) is 0 Å². The third-order valence-corrected chi connectivity index (χ3v) is 4.40. The van der Waals surface area contributed by atoms with Crippen molar-refractivity contribution in [1.29, 1.82) is 0 Å². The van der Waals surface area contributed by atoms with Gasteiger partial charge >= 0.3 is 6.03 Å². The van der Waals surface area contributed by atoms with Gasteiger partial charge in [-0.3, -0.25) is 0 Å². The van der Waals surface area contributed by atoms with Crippen molar-refractivity contribution in [3.05, 3.63) is 24.3 Å². The number of nitrogens with one attached hydrogen (secondary N) is 2. The molecule has 2 amide bonds. The largest absolute Gasteiger partial charge is 0.388 e. The molecule has 2 aliphatic rings. The molecule has 0 bridgehead atoms. The molecule has 1 aromatic carbocycles.